The highest BCUT2D eigenvalue weighted by molar-refractivity contribution is 5.79. The SMILES string of the molecule is COCCOc1ccc2c(=O)[nH]c(OC)nc2c1. The van der Waals surface area contributed by atoms with Crippen molar-refractivity contribution in [2.45, 2.75) is 0 Å². The van der Waals surface area contributed by atoms with Gasteiger partial charge in [-0.2, -0.15) is 4.98 Å². The fourth-order valence-corrected chi connectivity index (χ4v) is 1.53. The lowest BCUT2D eigenvalue weighted by Crippen LogP contribution is -2.10. The van der Waals surface area contributed by atoms with Gasteiger partial charge in [0.15, 0.2) is 0 Å². The normalized spacial score (nSPS) is 10.6. The van der Waals surface area contributed by atoms with Crippen molar-refractivity contribution < 1.29 is 14.2 Å². The van der Waals surface area contributed by atoms with Crippen molar-refractivity contribution in [3.63, 3.8) is 0 Å². The first kappa shape index (κ1) is 12.4. The van der Waals surface area contributed by atoms with Crippen LogP contribution in [0.15, 0.2) is 23.0 Å². The Labute approximate surface area is 104 Å². The van der Waals surface area contributed by atoms with Crippen LogP contribution >= 0.6 is 0 Å². The van der Waals surface area contributed by atoms with Crippen LogP contribution in [0, 0.1) is 0 Å². The van der Waals surface area contributed by atoms with Gasteiger partial charge in [0.25, 0.3) is 11.6 Å². The van der Waals surface area contributed by atoms with E-state index < -0.39 is 0 Å². The number of benzene rings is 1. The number of hydrogen-bond donors (Lipinski definition) is 1. The fraction of sp³-hybridized carbons (Fsp3) is 0.333. The molecule has 0 aliphatic rings. The van der Waals surface area contributed by atoms with E-state index in [1.54, 1.807) is 25.3 Å². The molecule has 0 bridgehead atoms. The lowest BCUT2D eigenvalue weighted by Gasteiger charge is -2.06. The maximum absolute atomic E-state index is 11.7. The minimum Gasteiger partial charge on any atom is -0.491 e. The average Bonchev–Trinajstić information content (AvgIpc) is 2.38. The molecule has 0 aliphatic carbocycles. The van der Waals surface area contributed by atoms with Crippen LogP contribution in [0.5, 0.6) is 11.8 Å². The first-order valence-corrected chi connectivity index (χ1v) is 5.44. The molecule has 6 nitrogen and oxygen atoms in total. The van der Waals surface area contributed by atoms with Gasteiger partial charge < -0.3 is 14.2 Å². The summed E-state index contributed by atoms with van der Waals surface area (Å²) in [6.45, 7) is 0.951. The van der Waals surface area contributed by atoms with E-state index >= 15 is 0 Å². The van der Waals surface area contributed by atoms with Crippen LogP contribution in [0.3, 0.4) is 0 Å². The zero-order chi connectivity index (χ0) is 13.0. The summed E-state index contributed by atoms with van der Waals surface area (Å²) in [5.74, 6) is 0.639. The van der Waals surface area contributed by atoms with Crippen LogP contribution in [0.4, 0.5) is 0 Å². The molecule has 18 heavy (non-hydrogen) atoms. The van der Waals surface area contributed by atoms with Crippen molar-refractivity contribution in [2.75, 3.05) is 27.4 Å². The quantitative estimate of drug-likeness (QED) is 0.800. The highest BCUT2D eigenvalue weighted by Gasteiger charge is 2.05. The maximum atomic E-state index is 11.7. The van der Waals surface area contributed by atoms with Gasteiger partial charge in [0.05, 0.1) is 24.6 Å². The van der Waals surface area contributed by atoms with E-state index in [0.29, 0.717) is 29.9 Å². The molecular formula is C12H14N2O4. The van der Waals surface area contributed by atoms with E-state index in [1.165, 1.54) is 7.11 Å². The fourth-order valence-electron chi connectivity index (χ4n) is 1.53. The highest BCUT2D eigenvalue weighted by Crippen LogP contribution is 2.17. The second kappa shape index (κ2) is 5.50. The topological polar surface area (TPSA) is 73.4 Å². The van der Waals surface area contributed by atoms with E-state index in [4.69, 9.17) is 14.2 Å². The van der Waals surface area contributed by atoms with Crippen LogP contribution in [0.2, 0.25) is 0 Å². The Bertz CT molecular complexity index is 594. The number of nitrogens with zero attached hydrogens (tertiary/aromatic N) is 1. The zero-order valence-electron chi connectivity index (χ0n) is 10.2. The number of nitrogens with one attached hydrogen (secondary N) is 1. The van der Waals surface area contributed by atoms with Gasteiger partial charge in [0.2, 0.25) is 0 Å². The van der Waals surface area contributed by atoms with Gasteiger partial charge in [-0.1, -0.05) is 0 Å². The zero-order valence-corrected chi connectivity index (χ0v) is 10.2. The molecule has 1 N–H and O–H groups in total. The predicted molar refractivity (Wildman–Crippen MR) is 66.3 cm³/mol. The molecule has 0 unspecified atom stereocenters. The summed E-state index contributed by atoms with van der Waals surface area (Å²) in [6, 6.07) is 5.27. The second-order valence-corrected chi connectivity index (χ2v) is 3.60. The third kappa shape index (κ3) is 2.60. The molecule has 0 spiro atoms. The molecule has 0 radical (unpaired) electrons. The first-order valence-electron chi connectivity index (χ1n) is 5.44. The van der Waals surface area contributed by atoms with Gasteiger partial charge in [0, 0.05) is 13.2 Å². The van der Waals surface area contributed by atoms with E-state index in [0.717, 1.165) is 0 Å². The van der Waals surface area contributed by atoms with E-state index in [-0.39, 0.29) is 11.6 Å². The predicted octanol–water partition coefficient (Wildman–Crippen LogP) is 0.957. The maximum Gasteiger partial charge on any atom is 0.296 e. The molecule has 0 fully saturated rings. The molecular weight excluding hydrogens is 236 g/mol. The number of methoxy groups -OCH3 is 2. The van der Waals surface area contributed by atoms with Crippen LogP contribution < -0.4 is 15.0 Å². The summed E-state index contributed by atoms with van der Waals surface area (Å²) in [5, 5.41) is 0.495. The van der Waals surface area contributed by atoms with E-state index in [1.807, 2.05) is 0 Å². The third-order valence-electron chi connectivity index (χ3n) is 2.41. The molecule has 2 rings (SSSR count). The minimum atomic E-state index is -0.236. The molecule has 1 aromatic heterocycles. The molecule has 2 aromatic rings. The summed E-state index contributed by atoms with van der Waals surface area (Å²) < 4.78 is 15.3. The van der Waals surface area contributed by atoms with Crippen LogP contribution in [0.1, 0.15) is 0 Å². The third-order valence-corrected chi connectivity index (χ3v) is 2.41. The Hall–Kier alpha value is -2.08. The number of rotatable bonds is 5. The Balaban J connectivity index is 2.34. The summed E-state index contributed by atoms with van der Waals surface area (Å²) in [6.07, 6.45) is 0. The van der Waals surface area contributed by atoms with Crippen LogP contribution in [-0.4, -0.2) is 37.4 Å². The number of hydrogen-bond acceptors (Lipinski definition) is 5. The molecule has 0 aliphatic heterocycles. The number of aromatic nitrogens is 2. The van der Waals surface area contributed by atoms with Gasteiger partial charge in [0.1, 0.15) is 12.4 Å². The highest BCUT2D eigenvalue weighted by atomic mass is 16.5. The second-order valence-electron chi connectivity index (χ2n) is 3.60. The number of aromatic amines is 1. The molecule has 96 valence electrons. The van der Waals surface area contributed by atoms with E-state index in [9.17, 15) is 4.79 Å². The monoisotopic (exact) mass is 250 g/mol. The Morgan fingerprint density at radius 2 is 2.11 bits per heavy atom. The Morgan fingerprint density at radius 3 is 2.83 bits per heavy atom. The summed E-state index contributed by atoms with van der Waals surface area (Å²) in [7, 11) is 3.05. The Morgan fingerprint density at radius 1 is 1.28 bits per heavy atom. The van der Waals surface area contributed by atoms with Crippen molar-refractivity contribution in [1.82, 2.24) is 9.97 Å². The van der Waals surface area contributed by atoms with Gasteiger partial charge in [-0.15, -0.1) is 0 Å². The summed E-state index contributed by atoms with van der Waals surface area (Å²) in [4.78, 5) is 18.4. The van der Waals surface area contributed by atoms with Crippen molar-refractivity contribution in [3.8, 4) is 11.8 Å². The molecule has 0 saturated heterocycles. The average molecular weight is 250 g/mol. The minimum absolute atomic E-state index is 0.182. The largest absolute Gasteiger partial charge is 0.491 e. The molecule has 0 amide bonds. The first-order chi connectivity index (χ1) is 8.74. The molecule has 6 heteroatoms. The van der Waals surface area contributed by atoms with Gasteiger partial charge in [-0.05, 0) is 12.1 Å². The number of ether oxygens (including phenoxy) is 3. The van der Waals surface area contributed by atoms with Crippen molar-refractivity contribution in [1.29, 1.82) is 0 Å². The standard InChI is InChI=1S/C12H14N2O4/c1-16-5-6-18-8-3-4-9-10(7-8)13-12(17-2)14-11(9)15/h3-4,7H,5-6H2,1-2H3,(H,13,14,15). The van der Waals surface area contributed by atoms with Crippen LogP contribution in [-0.2, 0) is 4.74 Å². The summed E-state index contributed by atoms with van der Waals surface area (Å²) in [5.41, 5.74) is 0.297. The molecule has 1 aromatic carbocycles. The summed E-state index contributed by atoms with van der Waals surface area (Å²) >= 11 is 0. The van der Waals surface area contributed by atoms with Crippen LogP contribution in [0.25, 0.3) is 10.9 Å². The lowest BCUT2D eigenvalue weighted by atomic mass is 10.2. The smallest absolute Gasteiger partial charge is 0.296 e. The lowest BCUT2D eigenvalue weighted by molar-refractivity contribution is 0.146. The molecule has 0 atom stereocenters. The van der Waals surface area contributed by atoms with Crippen molar-refractivity contribution in [2.24, 2.45) is 0 Å². The van der Waals surface area contributed by atoms with E-state index in [2.05, 4.69) is 9.97 Å². The Kier molecular flexibility index (Phi) is 3.78. The van der Waals surface area contributed by atoms with Gasteiger partial charge in [-0.3, -0.25) is 9.78 Å². The molecule has 1 heterocycles. The number of fused-ring (bicyclic) bond motifs is 1. The van der Waals surface area contributed by atoms with Crippen molar-refractivity contribution in [3.05, 3.63) is 28.6 Å². The molecule has 0 saturated carbocycles. The van der Waals surface area contributed by atoms with Crippen molar-refractivity contribution >= 4 is 10.9 Å². The van der Waals surface area contributed by atoms with Gasteiger partial charge >= 0.3 is 0 Å². The van der Waals surface area contributed by atoms with Gasteiger partial charge in [-0.25, -0.2) is 0 Å². The number of H-pyrrole nitrogens is 1.